The molecule has 1 amide bonds. The fourth-order valence-electron chi connectivity index (χ4n) is 0.883. The van der Waals surface area contributed by atoms with Crippen LogP contribution in [0.1, 0.15) is 0 Å². The average molecular weight is 255 g/mol. The number of alkyl halides is 5. The molecule has 94 valence electrons. The van der Waals surface area contributed by atoms with Crippen molar-refractivity contribution in [1.82, 2.24) is 0 Å². The molecule has 17 heavy (non-hydrogen) atoms. The Balaban J connectivity index is 2.83. The van der Waals surface area contributed by atoms with Crippen molar-refractivity contribution in [3.63, 3.8) is 0 Å². The van der Waals surface area contributed by atoms with E-state index in [1.165, 1.54) is 5.32 Å². The van der Waals surface area contributed by atoms with Crippen LogP contribution in [0.4, 0.5) is 27.6 Å². The number of rotatable bonds is 2. The summed E-state index contributed by atoms with van der Waals surface area (Å²) in [6.07, 6.45) is -5.95. The molecule has 0 heterocycles. The second-order valence-electron chi connectivity index (χ2n) is 3.07. The van der Waals surface area contributed by atoms with E-state index in [0.717, 1.165) is 24.3 Å². The molecule has 0 aromatic heterocycles. The first-order valence-corrected chi connectivity index (χ1v) is 4.19. The third-order valence-electron chi connectivity index (χ3n) is 1.77. The number of anilines is 1. The van der Waals surface area contributed by atoms with Gasteiger partial charge in [-0.25, -0.2) is 0 Å². The smallest absolute Gasteiger partial charge is 0.463 e. The van der Waals surface area contributed by atoms with Crippen LogP contribution in [0.25, 0.3) is 0 Å². The second kappa shape index (κ2) is 4.19. The lowest BCUT2D eigenvalue weighted by Gasteiger charge is -2.18. The molecule has 0 spiro atoms. The number of halogens is 5. The fraction of sp³-hybridized carbons (Fsp3) is 0.222. The first kappa shape index (κ1) is 13.2. The van der Waals surface area contributed by atoms with Crippen molar-refractivity contribution >= 4 is 11.6 Å². The second-order valence-corrected chi connectivity index (χ2v) is 3.07. The summed E-state index contributed by atoms with van der Waals surface area (Å²) in [5.74, 6) is -8.16. The number of phenolic OH excluding ortho intramolecular Hbond substituents is 1. The zero-order valence-electron chi connectivity index (χ0n) is 8.05. The van der Waals surface area contributed by atoms with Crippen LogP contribution in [0, 0.1) is 0 Å². The predicted molar refractivity (Wildman–Crippen MR) is 47.7 cm³/mol. The molecule has 0 saturated heterocycles. The fourth-order valence-corrected chi connectivity index (χ4v) is 0.883. The number of nitrogens with one attached hydrogen (secondary N) is 1. The van der Waals surface area contributed by atoms with Gasteiger partial charge in [-0.2, -0.15) is 22.0 Å². The zero-order chi connectivity index (χ0) is 13.3. The van der Waals surface area contributed by atoms with Crippen LogP contribution in [0.5, 0.6) is 5.75 Å². The number of hydrogen-bond donors (Lipinski definition) is 2. The van der Waals surface area contributed by atoms with Gasteiger partial charge < -0.3 is 10.4 Å². The summed E-state index contributed by atoms with van der Waals surface area (Å²) >= 11 is 0. The Morgan fingerprint density at radius 3 is 1.94 bits per heavy atom. The lowest BCUT2D eigenvalue weighted by Crippen LogP contribution is -2.47. The van der Waals surface area contributed by atoms with Gasteiger partial charge in [-0.05, 0) is 24.3 Å². The standard InChI is InChI=1S/C9H6F5NO2/c10-8(11,9(12,13)14)7(17)15-5-1-3-6(16)4-2-5/h1-4,16H,(H,15,17). The lowest BCUT2D eigenvalue weighted by molar-refractivity contribution is -0.267. The first-order valence-electron chi connectivity index (χ1n) is 4.19. The lowest BCUT2D eigenvalue weighted by atomic mass is 10.2. The van der Waals surface area contributed by atoms with Gasteiger partial charge in [0.2, 0.25) is 0 Å². The maximum atomic E-state index is 12.5. The van der Waals surface area contributed by atoms with E-state index in [1.54, 1.807) is 0 Å². The SMILES string of the molecule is O=C(Nc1ccc(O)cc1)C(F)(F)C(F)(F)F. The van der Waals surface area contributed by atoms with Crippen LogP contribution < -0.4 is 5.32 Å². The van der Waals surface area contributed by atoms with Crippen molar-refractivity contribution < 1.29 is 31.9 Å². The van der Waals surface area contributed by atoms with Crippen molar-refractivity contribution in [2.24, 2.45) is 0 Å². The molecule has 0 radical (unpaired) electrons. The van der Waals surface area contributed by atoms with Gasteiger partial charge in [-0.3, -0.25) is 4.79 Å². The number of hydrogen-bond acceptors (Lipinski definition) is 2. The molecule has 3 nitrogen and oxygen atoms in total. The molecule has 1 aromatic carbocycles. The van der Waals surface area contributed by atoms with Crippen LogP contribution in [0.3, 0.4) is 0 Å². The van der Waals surface area contributed by atoms with E-state index in [-0.39, 0.29) is 11.4 Å². The minimum atomic E-state index is -5.95. The molecule has 0 unspecified atom stereocenters. The van der Waals surface area contributed by atoms with E-state index < -0.39 is 18.0 Å². The molecule has 1 aromatic rings. The van der Waals surface area contributed by atoms with Crippen molar-refractivity contribution in [1.29, 1.82) is 0 Å². The van der Waals surface area contributed by atoms with Gasteiger partial charge >= 0.3 is 18.0 Å². The number of carbonyl (C=O) groups is 1. The van der Waals surface area contributed by atoms with Crippen LogP contribution in [0.2, 0.25) is 0 Å². The van der Waals surface area contributed by atoms with Gasteiger partial charge in [0, 0.05) is 5.69 Å². The highest BCUT2D eigenvalue weighted by atomic mass is 19.4. The third-order valence-corrected chi connectivity index (χ3v) is 1.77. The molecule has 0 saturated carbocycles. The van der Waals surface area contributed by atoms with Crippen molar-refractivity contribution in [2.45, 2.75) is 12.1 Å². The minimum Gasteiger partial charge on any atom is -0.508 e. The van der Waals surface area contributed by atoms with Crippen molar-refractivity contribution in [3.05, 3.63) is 24.3 Å². The van der Waals surface area contributed by atoms with E-state index in [2.05, 4.69) is 0 Å². The summed E-state index contributed by atoms with van der Waals surface area (Å²) in [7, 11) is 0. The van der Waals surface area contributed by atoms with E-state index in [4.69, 9.17) is 5.11 Å². The molecular weight excluding hydrogens is 249 g/mol. The molecule has 2 N–H and O–H groups in total. The Hall–Kier alpha value is -1.86. The van der Waals surface area contributed by atoms with E-state index in [9.17, 15) is 26.7 Å². The Morgan fingerprint density at radius 1 is 1.06 bits per heavy atom. The number of amides is 1. The molecule has 0 atom stereocenters. The molecule has 0 aliphatic heterocycles. The maximum absolute atomic E-state index is 12.5. The molecule has 8 heteroatoms. The van der Waals surface area contributed by atoms with Gasteiger partial charge in [-0.1, -0.05) is 0 Å². The minimum absolute atomic E-state index is 0.217. The Labute approximate surface area is 91.9 Å². The average Bonchev–Trinajstić information content (AvgIpc) is 2.19. The van der Waals surface area contributed by atoms with E-state index in [0.29, 0.717) is 0 Å². The van der Waals surface area contributed by atoms with E-state index >= 15 is 0 Å². The quantitative estimate of drug-likeness (QED) is 0.630. The first-order chi connectivity index (χ1) is 7.64. The van der Waals surface area contributed by atoms with Crippen LogP contribution >= 0.6 is 0 Å². The number of carbonyl (C=O) groups excluding carboxylic acids is 1. The third kappa shape index (κ3) is 2.83. The largest absolute Gasteiger partial charge is 0.508 e. The summed E-state index contributed by atoms with van der Waals surface area (Å²) in [6.45, 7) is 0. The summed E-state index contributed by atoms with van der Waals surface area (Å²) in [5, 5.41) is 10.2. The molecule has 0 aliphatic rings. The highest BCUT2D eigenvalue weighted by molar-refractivity contribution is 5.96. The predicted octanol–water partition coefficient (Wildman–Crippen LogP) is 2.53. The van der Waals surface area contributed by atoms with Gasteiger partial charge in [0.05, 0.1) is 0 Å². The number of benzene rings is 1. The Bertz CT molecular complexity index is 412. The van der Waals surface area contributed by atoms with E-state index in [1.807, 2.05) is 0 Å². The zero-order valence-corrected chi connectivity index (χ0v) is 8.05. The highest BCUT2D eigenvalue weighted by Crippen LogP contribution is 2.36. The van der Waals surface area contributed by atoms with Gasteiger partial charge in [-0.15, -0.1) is 0 Å². The molecular formula is C9H6F5NO2. The van der Waals surface area contributed by atoms with Gasteiger partial charge in [0.15, 0.2) is 0 Å². The van der Waals surface area contributed by atoms with Crippen molar-refractivity contribution in [3.8, 4) is 5.75 Å². The van der Waals surface area contributed by atoms with Gasteiger partial charge in [0.25, 0.3) is 0 Å². The van der Waals surface area contributed by atoms with Crippen LogP contribution in [-0.2, 0) is 4.79 Å². The normalized spacial score (nSPS) is 12.3. The highest BCUT2D eigenvalue weighted by Gasteiger charge is 2.63. The van der Waals surface area contributed by atoms with Crippen LogP contribution in [-0.4, -0.2) is 23.1 Å². The van der Waals surface area contributed by atoms with Crippen LogP contribution in [0.15, 0.2) is 24.3 Å². The summed E-state index contributed by atoms with van der Waals surface area (Å²) in [5.41, 5.74) is -0.281. The monoisotopic (exact) mass is 255 g/mol. The molecule has 0 fully saturated rings. The molecule has 1 rings (SSSR count). The summed E-state index contributed by atoms with van der Waals surface area (Å²) in [4.78, 5) is 10.7. The molecule has 0 bridgehead atoms. The van der Waals surface area contributed by atoms with Gasteiger partial charge in [0.1, 0.15) is 5.75 Å². The number of aromatic hydroxyl groups is 1. The Morgan fingerprint density at radius 2 is 1.53 bits per heavy atom. The molecule has 0 aliphatic carbocycles. The Kier molecular flexibility index (Phi) is 3.25. The summed E-state index contributed by atoms with van der Waals surface area (Å²) < 4.78 is 60.4. The number of phenols is 1. The maximum Gasteiger partial charge on any atom is 0.463 e. The van der Waals surface area contributed by atoms with Crippen molar-refractivity contribution in [2.75, 3.05) is 5.32 Å². The topological polar surface area (TPSA) is 49.3 Å². The summed E-state index contributed by atoms with van der Waals surface area (Å²) in [6, 6.07) is 4.03.